The Bertz CT molecular complexity index is 812. The van der Waals surface area contributed by atoms with Crippen molar-refractivity contribution in [1.29, 1.82) is 0 Å². The molecule has 0 rings (SSSR count). The molecule has 0 atom stereocenters. The molecule has 0 radical (unpaired) electrons. The molecule has 264 valence electrons. The van der Waals surface area contributed by atoms with Gasteiger partial charge in [-0.2, -0.15) is 21.6 Å². The average molecular weight is 661 g/mol. The van der Waals surface area contributed by atoms with Crippen LogP contribution in [0.5, 0.6) is 0 Å². The normalized spacial score (nSPS) is 13.8. The molecule has 0 aromatic heterocycles. The highest BCUT2D eigenvalue weighted by molar-refractivity contribution is 7.87. The van der Waals surface area contributed by atoms with Crippen LogP contribution in [0.2, 0.25) is 0 Å². The van der Waals surface area contributed by atoms with Crippen LogP contribution in [-0.2, 0) is 14.3 Å². The average Bonchev–Trinajstić information content (AvgIpc) is 2.99. The van der Waals surface area contributed by atoms with Crippen LogP contribution in [0, 0.1) is 0 Å². The van der Waals surface area contributed by atoms with Gasteiger partial charge in [0.15, 0.2) is 0 Å². The van der Waals surface area contributed by atoms with E-state index in [0.29, 0.717) is 25.7 Å². The second-order valence-electron chi connectivity index (χ2n) is 12.4. The van der Waals surface area contributed by atoms with Crippen molar-refractivity contribution in [2.45, 2.75) is 192 Å². The minimum atomic E-state index is -5.56. The number of hydrogen-bond donors (Lipinski definition) is 0. The van der Waals surface area contributed by atoms with Crippen molar-refractivity contribution in [1.82, 2.24) is 0 Å². The van der Waals surface area contributed by atoms with Gasteiger partial charge in [0.25, 0.3) is 0 Å². The fourth-order valence-corrected chi connectivity index (χ4v) is 5.85. The molecule has 0 aliphatic rings. The van der Waals surface area contributed by atoms with Gasteiger partial charge in [0.1, 0.15) is 0 Å². The van der Waals surface area contributed by atoms with E-state index in [1.807, 2.05) is 0 Å². The molecule has 0 amide bonds. The second-order valence-corrected chi connectivity index (χ2v) is 13.9. The smallest absolute Gasteiger partial charge is 0.260 e. The van der Waals surface area contributed by atoms with Gasteiger partial charge >= 0.3 is 15.6 Å². The van der Waals surface area contributed by atoms with Gasteiger partial charge in [-0.3, -0.25) is 4.18 Å². The lowest BCUT2D eigenvalue weighted by molar-refractivity contribution is -0.0580. The first-order valence-electron chi connectivity index (χ1n) is 18.3. The predicted octanol–water partition coefficient (Wildman–Crippen LogP) is 13.6. The zero-order valence-corrected chi connectivity index (χ0v) is 29.7. The predicted molar refractivity (Wildman–Crippen MR) is 188 cm³/mol. The lowest BCUT2D eigenvalue weighted by Gasteiger charge is -2.18. The molecule has 0 aliphatic carbocycles. The molecule has 0 unspecified atom stereocenters. The van der Waals surface area contributed by atoms with E-state index in [1.54, 1.807) is 0 Å². The summed E-state index contributed by atoms with van der Waals surface area (Å²) in [5.41, 5.74) is -5.37. The summed E-state index contributed by atoms with van der Waals surface area (Å²) in [6.45, 7) is 4.43. The topological polar surface area (TPSA) is 43.4 Å². The molecule has 3 nitrogen and oxygen atoms in total. The lowest BCUT2D eigenvalue weighted by Crippen LogP contribution is -2.30. The molecule has 0 aromatic rings. The summed E-state index contributed by atoms with van der Waals surface area (Å²) in [4.78, 5) is 0. The van der Waals surface area contributed by atoms with Crippen molar-refractivity contribution in [2.24, 2.45) is 0 Å². The quantitative estimate of drug-likeness (QED) is 0.0312. The summed E-state index contributed by atoms with van der Waals surface area (Å²) < 4.78 is 66.8. The molecule has 0 saturated heterocycles. The molecule has 0 heterocycles. The summed E-state index contributed by atoms with van der Waals surface area (Å²) in [5.74, 6) is 0. The van der Waals surface area contributed by atoms with Crippen LogP contribution in [-0.4, -0.2) is 20.0 Å². The van der Waals surface area contributed by atoms with Crippen molar-refractivity contribution in [3.63, 3.8) is 0 Å². The highest BCUT2D eigenvalue weighted by atomic mass is 32.2. The van der Waals surface area contributed by atoms with E-state index in [1.165, 1.54) is 51.4 Å². The van der Waals surface area contributed by atoms with Gasteiger partial charge in [0.2, 0.25) is 0 Å². The summed E-state index contributed by atoms with van der Waals surface area (Å²) in [6, 6.07) is 0. The number of halogens is 3. The van der Waals surface area contributed by atoms with Gasteiger partial charge in [0, 0.05) is 0 Å². The van der Waals surface area contributed by atoms with E-state index >= 15 is 0 Å². The summed E-state index contributed by atoms with van der Waals surface area (Å²) in [6.07, 6.45) is 43.7. The third kappa shape index (κ3) is 29.8. The summed E-state index contributed by atoms with van der Waals surface area (Å²) in [7, 11) is -5.56. The van der Waals surface area contributed by atoms with Crippen LogP contribution in [0.3, 0.4) is 0 Å². The molecule has 0 saturated carbocycles. The van der Waals surface area contributed by atoms with Crippen LogP contribution in [0.25, 0.3) is 0 Å². The summed E-state index contributed by atoms with van der Waals surface area (Å²) >= 11 is 0. The molecule has 0 aromatic carbocycles. The van der Waals surface area contributed by atoms with E-state index in [0.717, 1.165) is 89.9 Å². The number of allylic oxidation sites excluding steroid dienone is 8. The Hall–Kier alpha value is -1.34. The first kappa shape index (κ1) is 43.7. The van der Waals surface area contributed by atoms with Crippen LogP contribution >= 0.6 is 0 Å². The van der Waals surface area contributed by atoms with Crippen molar-refractivity contribution < 1.29 is 25.8 Å². The third-order valence-corrected chi connectivity index (χ3v) is 9.09. The molecule has 7 heteroatoms. The number of hydrogen-bond acceptors (Lipinski definition) is 3. The lowest BCUT2D eigenvalue weighted by atomic mass is 10.0. The number of alkyl halides is 3. The Morgan fingerprint density at radius 3 is 1.13 bits per heavy atom. The first-order chi connectivity index (χ1) is 21.7. The molecule has 0 aliphatic heterocycles. The summed E-state index contributed by atoms with van der Waals surface area (Å²) in [5, 5.41) is 0. The zero-order valence-electron chi connectivity index (χ0n) is 28.8. The fraction of sp³-hybridized carbons (Fsp3) is 0.789. The Morgan fingerprint density at radius 2 is 0.800 bits per heavy atom. The minimum Gasteiger partial charge on any atom is -0.260 e. The van der Waals surface area contributed by atoms with E-state index in [9.17, 15) is 21.6 Å². The Kier molecular flexibility index (Phi) is 30.3. The Labute approximate surface area is 276 Å². The first-order valence-corrected chi connectivity index (χ1v) is 19.7. The highest BCUT2D eigenvalue weighted by Crippen LogP contribution is 2.28. The van der Waals surface area contributed by atoms with E-state index in [2.05, 4.69) is 66.6 Å². The third-order valence-electron chi connectivity index (χ3n) is 8.00. The molecular weight excluding hydrogens is 593 g/mol. The van der Waals surface area contributed by atoms with Crippen molar-refractivity contribution in [3.8, 4) is 0 Å². The Balaban J connectivity index is 4.06. The van der Waals surface area contributed by atoms with Crippen LogP contribution < -0.4 is 0 Å². The zero-order chi connectivity index (χ0) is 33.3. The standard InChI is InChI=1S/C38H67F3O3S/c1-3-5-7-9-11-13-15-17-19-21-23-25-27-29-31-33-35-37(44-45(42,43)38(39,40)41)36-34-32-30-28-26-24-22-20-18-16-14-12-10-8-6-4-2/h11-14,17-20,37H,3-10,15-16,21-36H2,1-2H3. The highest BCUT2D eigenvalue weighted by Gasteiger charge is 2.48. The molecular formula is C38H67F3O3S. The largest absolute Gasteiger partial charge is 0.523 e. The van der Waals surface area contributed by atoms with Gasteiger partial charge in [0.05, 0.1) is 6.10 Å². The van der Waals surface area contributed by atoms with Gasteiger partial charge in [-0.1, -0.05) is 152 Å². The molecule has 0 N–H and O–H groups in total. The molecule has 0 bridgehead atoms. The molecule has 0 fully saturated rings. The number of unbranched alkanes of at least 4 members (excludes halogenated alkanes) is 18. The van der Waals surface area contributed by atoms with Crippen LogP contribution in [0.1, 0.15) is 181 Å². The van der Waals surface area contributed by atoms with Crippen molar-refractivity contribution in [2.75, 3.05) is 0 Å². The number of rotatable bonds is 32. The van der Waals surface area contributed by atoms with Crippen LogP contribution in [0.4, 0.5) is 13.2 Å². The maximum atomic E-state index is 12.9. The van der Waals surface area contributed by atoms with E-state index in [-0.39, 0.29) is 0 Å². The monoisotopic (exact) mass is 660 g/mol. The fourth-order valence-electron chi connectivity index (χ4n) is 5.19. The maximum Gasteiger partial charge on any atom is 0.523 e. The van der Waals surface area contributed by atoms with Gasteiger partial charge in [-0.05, 0) is 77.0 Å². The van der Waals surface area contributed by atoms with Gasteiger partial charge in [-0.25, -0.2) is 0 Å². The Morgan fingerprint density at radius 1 is 0.489 bits per heavy atom. The second kappa shape index (κ2) is 31.3. The van der Waals surface area contributed by atoms with E-state index < -0.39 is 21.7 Å². The molecule has 0 spiro atoms. The van der Waals surface area contributed by atoms with Gasteiger partial charge < -0.3 is 0 Å². The molecule has 45 heavy (non-hydrogen) atoms. The maximum absolute atomic E-state index is 12.9. The van der Waals surface area contributed by atoms with Gasteiger partial charge in [-0.15, -0.1) is 0 Å². The minimum absolute atomic E-state index is 0.351. The van der Waals surface area contributed by atoms with Crippen molar-refractivity contribution in [3.05, 3.63) is 48.6 Å². The SMILES string of the molecule is CCCCCC=CCC=CCCCCCCCCC(CCCCCCCCC=CCC=CCCCCC)OS(=O)(=O)C(F)(F)F. The van der Waals surface area contributed by atoms with E-state index in [4.69, 9.17) is 0 Å². The van der Waals surface area contributed by atoms with Crippen LogP contribution in [0.15, 0.2) is 48.6 Å². The van der Waals surface area contributed by atoms with Crippen molar-refractivity contribution >= 4 is 10.1 Å².